The third kappa shape index (κ3) is 2.04. The van der Waals surface area contributed by atoms with Crippen molar-refractivity contribution in [2.45, 2.75) is 6.18 Å². The van der Waals surface area contributed by atoms with E-state index in [1.807, 2.05) is 0 Å². The van der Waals surface area contributed by atoms with Crippen LogP contribution in [0.1, 0.15) is 5.56 Å². The highest BCUT2D eigenvalue weighted by molar-refractivity contribution is 6.31. The molecule has 1 aromatic carbocycles. The fraction of sp³-hybridized carbons (Fsp3) is 0.250. The quantitative estimate of drug-likeness (QED) is 0.746. The van der Waals surface area contributed by atoms with Gasteiger partial charge in [0.1, 0.15) is 11.3 Å². The van der Waals surface area contributed by atoms with E-state index in [1.165, 1.54) is 0 Å². The van der Waals surface area contributed by atoms with Crippen molar-refractivity contribution in [2.75, 3.05) is 12.8 Å². The summed E-state index contributed by atoms with van der Waals surface area (Å²) < 4.78 is 41.8. The van der Waals surface area contributed by atoms with Gasteiger partial charge in [-0.25, -0.2) is 0 Å². The van der Waals surface area contributed by atoms with Crippen LogP contribution >= 0.6 is 11.6 Å². The Morgan fingerprint density at radius 1 is 1.36 bits per heavy atom. The van der Waals surface area contributed by atoms with Crippen molar-refractivity contribution in [3.8, 4) is 5.75 Å². The fourth-order valence-electron chi connectivity index (χ4n) is 1.07. The summed E-state index contributed by atoms with van der Waals surface area (Å²) in [6, 6.07) is 2.10. The van der Waals surface area contributed by atoms with Gasteiger partial charge in [0.2, 0.25) is 0 Å². The predicted octanol–water partition coefficient (Wildman–Crippen LogP) is 2.95. The SMILES string of the molecule is COc1cc(Cl)cc(N)c1C(F)(F)F. The van der Waals surface area contributed by atoms with E-state index in [9.17, 15) is 13.2 Å². The first-order valence-corrected chi connectivity index (χ1v) is 3.94. The number of nitrogen functional groups attached to an aromatic ring is 1. The molecule has 2 N–H and O–H groups in total. The minimum atomic E-state index is -4.54. The van der Waals surface area contributed by atoms with Crippen molar-refractivity contribution in [2.24, 2.45) is 0 Å². The molecule has 14 heavy (non-hydrogen) atoms. The van der Waals surface area contributed by atoms with E-state index in [0.29, 0.717) is 0 Å². The molecule has 0 aliphatic rings. The number of benzene rings is 1. The maximum absolute atomic E-state index is 12.4. The van der Waals surface area contributed by atoms with E-state index in [1.54, 1.807) is 0 Å². The van der Waals surface area contributed by atoms with Crippen LogP contribution in [-0.2, 0) is 6.18 Å². The monoisotopic (exact) mass is 225 g/mol. The van der Waals surface area contributed by atoms with E-state index in [0.717, 1.165) is 19.2 Å². The highest BCUT2D eigenvalue weighted by atomic mass is 35.5. The topological polar surface area (TPSA) is 35.2 Å². The Morgan fingerprint density at radius 3 is 2.36 bits per heavy atom. The Bertz CT molecular complexity index is 351. The average Bonchev–Trinajstić information content (AvgIpc) is 1.99. The van der Waals surface area contributed by atoms with Crippen LogP contribution in [0, 0.1) is 0 Å². The number of rotatable bonds is 1. The molecule has 0 unspecified atom stereocenters. The van der Waals surface area contributed by atoms with Crippen molar-refractivity contribution >= 4 is 17.3 Å². The Balaban J connectivity index is 3.40. The van der Waals surface area contributed by atoms with Crippen molar-refractivity contribution in [1.29, 1.82) is 0 Å². The van der Waals surface area contributed by atoms with Gasteiger partial charge in [-0.2, -0.15) is 13.2 Å². The average molecular weight is 226 g/mol. The number of hydrogen-bond donors (Lipinski definition) is 1. The maximum atomic E-state index is 12.4. The summed E-state index contributed by atoms with van der Waals surface area (Å²) in [5.74, 6) is -0.373. The van der Waals surface area contributed by atoms with Gasteiger partial charge in [0.05, 0.1) is 7.11 Å². The normalized spacial score (nSPS) is 11.5. The zero-order valence-electron chi connectivity index (χ0n) is 7.15. The molecule has 1 rings (SSSR count). The second-order valence-electron chi connectivity index (χ2n) is 2.57. The van der Waals surface area contributed by atoms with Crippen LogP contribution in [0.2, 0.25) is 5.02 Å². The molecule has 2 nitrogen and oxygen atoms in total. The first-order valence-electron chi connectivity index (χ1n) is 3.56. The van der Waals surface area contributed by atoms with Crippen molar-refractivity contribution in [3.05, 3.63) is 22.7 Å². The number of nitrogens with two attached hydrogens (primary N) is 1. The van der Waals surface area contributed by atoms with Crippen LogP contribution in [0.4, 0.5) is 18.9 Å². The first kappa shape index (κ1) is 11.0. The molecule has 0 aliphatic carbocycles. The molecule has 0 radical (unpaired) electrons. The minimum absolute atomic E-state index is 0.104. The molecule has 0 amide bonds. The van der Waals surface area contributed by atoms with Crippen molar-refractivity contribution in [3.63, 3.8) is 0 Å². The molecule has 78 valence electrons. The number of methoxy groups -OCH3 is 1. The Morgan fingerprint density at radius 2 is 1.93 bits per heavy atom. The number of alkyl halides is 3. The highest BCUT2D eigenvalue weighted by Crippen LogP contribution is 2.41. The van der Waals surface area contributed by atoms with Crippen LogP contribution in [-0.4, -0.2) is 7.11 Å². The summed E-state index contributed by atoms with van der Waals surface area (Å²) in [4.78, 5) is 0. The summed E-state index contributed by atoms with van der Waals surface area (Å²) in [6.07, 6.45) is -4.54. The number of ether oxygens (including phenoxy) is 1. The molecule has 0 spiro atoms. The van der Waals surface area contributed by atoms with Gasteiger partial charge in [-0.05, 0) is 12.1 Å². The summed E-state index contributed by atoms with van der Waals surface area (Å²) >= 11 is 5.52. The third-order valence-electron chi connectivity index (χ3n) is 1.60. The summed E-state index contributed by atoms with van der Waals surface area (Å²) in [6.45, 7) is 0. The van der Waals surface area contributed by atoms with E-state index < -0.39 is 17.4 Å². The lowest BCUT2D eigenvalue weighted by Gasteiger charge is -2.14. The molecule has 0 atom stereocenters. The number of hydrogen-bond acceptors (Lipinski definition) is 2. The second kappa shape index (κ2) is 3.57. The molecule has 0 fully saturated rings. The largest absolute Gasteiger partial charge is 0.496 e. The molecule has 6 heteroatoms. The molecule has 0 heterocycles. The van der Waals surface area contributed by atoms with E-state index in [4.69, 9.17) is 17.3 Å². The lowest BCUT2D eigenvalue weighted by atomic mass is 10.1. The highest BCUT2D eigenvalue weighted by Gasteiger charge is 2.36. The van der Waals surface area contributed by atoms with Gasteiger partial charge in [0.15, 0.2) is 0 Å². The van der Waals surface area contributed by atoms with E-state index in [-0.39, 0.29) is 10.8 Å². The predicted molar refractivity (Wildman–Crippen MR) is 47.4 cm³/mol. The van der Waals surface area contributed by atoms with Crippen LogP contribution in [0.25, 0.3) is 0 Å². The second-order valence-corrected chi connectivity index (χ2v) is 3.01. The van der Waals surface area contributed by atoms with Crippen molar-refractivity contribution in [1.82, 2.24) is 0 Å². The lowest BCUT2D eigenvalue weighted by Crippen LogP contribution is -2.11. The van der Waals surface area contributed by atoms with Gasteiger partial charge >= 0.3 is 6.18 Å². The van der Waals surface area contributed by atoms with E-state index in [2.05, 4.69) is 4.74 Å². The Hall–Kier alpha value is -1.10. The van der Waals surface area contributed by atoms with Gasteiger partial charge in [-0.3, -0.25) is 0 Å². The first-order chi connectivity index (χ1) is 6.36. The summed E-state index contributed by atoms with van der Waals surface area (Å²) in [7, 11) is 1.13. The van der Waals surface area contributed by atoms with Crippen LogP contribution in [0.3, 0.4) is 0 Å². The van der Waals surface area contributed by atoms with Crippen LogP contribution in [0.15, 0.2) is 12.1 Å². The molecule has 0 bridgehead atoms. The third-order valence-corrected chi connectivity index (χ3v) is 1.82. The zero-order chi connectivity index (χ0) is 10.9. The summed E-state index contributed by atoms with van der Waals surface area (Å²) in [5, 5.41) is 0.104. The lowest BCUT2D eigenvalue weighted by molar-refractivity contribution is -0.138. The minimum Gasteiger partial charge on any atom is -0.496 e. The fourth-order valence-corrected chi connectivity index (χ4v) is 1.28. The molecular formula is C8H7ClF3NO. The van der Waals surface area contributed by atoms with E-state index >= 15 is 0 Å². The Labute approximate surface area is 83.4 Å². The Kier molecular flexibility index (Phi) is 2.80. The molecule has 0 aromatic heterocycles. The number of anilines is 1. The van der Waals surface area contributed by atoms with Crippen LogP contribution < -0.4 is 10.5 Å². The standard InChI is InChI=1S/C8H7ClF3NO/c1-14-6-3-4(9)2-5(13)7(6)8(10,11)12/h2-3H,13H2,1H3. The molecule has 0 aliphatic heterocycles. The van der Waals surface area contributed by atoms with Crippen molar-refractivity contribution < 1.29 is 17.9 Å². The smallest absolute Gasteiger partial charge is 0.421 e. The van der Waals surface area contributed by atoms with Gasteiger partial charge in [0.25, 0.3) is 0 Å². The molecule has 0 saturated heterocycles. The zero-order valence-corrected chi connectivity index (χ0v) is 7.91. The summed E-state index contributed by atoms with van der Waals surface area (Å²) in [5.41, 5.74) is 3.76. The molecule has 1 aromatic rings. The number of halogens is 4. The van der Waals surface area contributed by atoms with Crippen LogP contribution in [0.5, 0.6) is 5.75 Å². The maximum Gasteiger partial charge on any atom is 0.421 e. The van der Waals surface area contributed by atoms with Gasteiger partial charge in [-0.1, -0.05) is 11.6 Å². The van der Waals surface area contributed by atoms with Gasteiger partial charge in [-0.15, -0.1) is 0 Å². The van der Waals surface area contributed by atoms with Gasteiger partial charge < -0.3 is 10.5 Å². The van der Waals surface area contributed by atoms with Gasteiger partial charge in [0, 0.05) is 10.7 Å². The molecule has 0 saturated carbocycles. The molecular weight excluding hydrogens is 219 g/mol.